The van der Waals surface area contributed by atoms with Gasteiger partial charge in [0.2, 0.25) is 0 Å². The number of aryl methyl sites for hydroxylation is 1. The number of thioether (sulfide) groups is 2. The molecule has 3 rings (SSSR count). The summed E-state index contributed by atoms with van der Waals surface area (Å²) < 4.78 is 0. The van der Waals surface area contributed by atoms with E-state index in [1.807, 2.05) is 23.5 Å². The van der Waals surface area contributed by atoms with Gasteiger partial charge in [-0.25, -0.2) is 9.97 Å². The third kappa shape index (κ3) is 2.89. The van der Waals surface area contributed by atoms with Crippen molar-refractivity contribution in [2.45, 2.75) is 55.3 Å². The van der Waals surface area contributed by atoms with E-state index >= 15 is 0 Å². The monoisotopic (exact) mass is 308 g/mol. The maximum Gasteiger partial charge on any atom is 0.166 e. The van der Waals surface area contributed by atoms with Gasteiger partial charge in [0.1, 0.15) is 5.82 Å². The minimum Gasteiger partial charge on any atom is -0.294 e. The van der Waals surface area contributed by atoms with Crippen LogP contribution in [0.4, 0.5) is 0 Å². The third-order valence-electron chi connectivity index (χ3n) is 4.09. The van der Waals surface area contributed by atoms with Crippen LogP contribution in [0.1, 0.15) is 60.2 Å². The molecule has 20 heavy (non-hydrogen) atoms. The molecule has 0 radical (unpaired) electrons. The fraction of sp³-hybridized carbons (Fsp3) is 0.667. The molecule has 1 saturated heterocycles. The van der Waals surface area contributed by atoms with E-state index in [-0.39, 0.29) is 5.78 Å². The summed E-state index contributed by atoms with van der Waals surface area (Å²) in [6.45, 7) is 4.57. The minimum atomic E-state index is 0.219. The van der Waals surface area contributed by atoms with Crippen molar-refractivity contribution < 1.29 is 4.79 Å². The molecule has 3 unspecified atom stereocenters. The Morgan fingerprint density at radius 2 is 2.00 bits per heavy atom. The Morgan fingerprint density at radius 1 is 1.20 bits per heavy atom. The average molecular weight is 308 g/mol. The van der Waals surface area contributed by atoms with Crippen LogP contribution in [0.25, 0.3) is 0 Å². The summed E-state index contributed by atoms with van der Waals surface area (Å²) in [6.07, 6.45) is 5.40. The lowest BCUT2D eigenvalue weighted by molar-refractivity contribution is 0.0981. The predicted octanol–water partition coefficient (Wildman–Crippen LogP) is 3.68. The highest BCUT2D eigenvalue weighted by Crippen LogP contribution is 2.43. The van der Waals surface area contributed by atoms with Gasteiger partial charge in [0, 0.05) is 28.9 Å². The molecular weight excluding hydrogens is 288 g/mol. The summed E-state index contributed by atoms with van der Waals surface area (Å²) in [4.78, 5) is 21.2. The van der Waals surface area contributed by atoms with Gasteiger partial charge in [-0.3, -0.25) is 4.79 Å². The van der Waals surface area contributed by atoms with Gasteiger partial charge in [0.25, 0.3) is 0 Å². The van der Waals surface area contributed by atoms with E-state index in [1.165, 1.54) is 0 Å². The second-order valence-corrected chi connectivity index (χ2v) is 8.58. The van der Waals surface area contributed by atoms with Gasteiger partial charge in [-0.15, -0.1) is 11.8 Å². The number of ketones is 1. The van der Waals surface area contributed by atoms with Gasteiger partial charge >= 0.3 is 0 Å². The first-order valence-electron chi connectivity index (χ1n) is 7.31. The molecule has 1 aromatic heterocycles. The van der Waals surface area contributed by atoms with Crippen molar-refractivity contribution in [2.75, 3.05) is 5.75 Å². The number of hydrogen-bond acceptors (Lipinski definition) is 5. The normalized spacial score (nSPS) is 30.7. The Hall–Kier alpha value is -0.550. The second-order valence-electron chi connectivity index (χ2n) is 5.59. The maximum atomic E-state index is 12.0. The molecule has 3 nitrogen and oxygen atoms in total. The van der Waals surface area contributed by atoms with Crippen molar-refractivity contribution in [3.05, 3.63) is 23.3 Å². The van der Waals surface area contributed by atoms with Crippen molar-refractivity contribution in [3.63, 3.8) is 0 Å². The van der Waals surface area contributed by atoms with Gasteiger partial charge < -0.3 is 0 Å². The number of hydrogen-bond donors (Lipinski definition) is 0. The lowest BCUT2D eigenvalue weighted by Crippen LogP contribution is -2.23. The summed E-state index contributed by atoms with van der Waals surface area (Å²) in [7, 11) is 0. The predicted molar refractivity (Wildman–Crippen MR) is 85.6 cm³/mol. The summed E-state index contributed by atoms with van der Waals surface area (Å²) in [5, 5.41) is 1.69. The lowest BCUT2D eigenvalue weighted by Gasteiger charge is -2.30. The molecule has 0 bridgehead atoms. The quantitative estimate of drug-likeness (QED) is 0.740. The van der Waals surface area contributed by atoms with Gasteiger partial charge in [-0.05, 0) is 19.3 Å². The summed E-state index contributed by atoms with van der Waals surface area (Å²) in [6, 6.07) is 0. The molecule has 0 amide bonds. The molecule has 2 aliphatic rings. The molecule has 1 aromatic rings. The molecule has 5 heteroatoms. The number of nitrogens with zero attached hydrogens (tertiary/aromatic N) is 2. The Morgan fingerprint density at radius 3 is 2.80 bits per heavy atom. The molecule has 1 aliphatic heterocycles. The fourth-order valence-electron chi connectivity index (χ4n) is 2.64. The van der Waals surface area contributed by atoms with Gasteiger partial charge in [0.15, 0.2) is 5.78 Å². The van der Waals surface area contributed by atoms with E-state index in [0.717, 1.165) is 42.1 Å². The van der Waals surface area contributed by atoms with Gasteiger partial charge in [-0.2, -0.15) is 11.8 Å². The molecule has 0 N–H and O–H groups in total. The van der Waals surface area contributed by atoms with E-state index in [9.17, 15) is 4.79 Å². The van der Waals surface area contributed by atoms with Gasteiger partial charge in [0.05, 0.1) is 16.5 Å². The molecule has 3 atom stereocenters. The van der Waals surface area contributed by atoms with Crippen LogP contribution in [0.3, 0.4) is 0 Å². The maximum absolute atomic E-state index is 12.0. The number of rotatable bonds is 1. The SMILES string of the molecule is CC1SCC(c2ncc3c(n2)CCCCC3=O)SC1C. The zero-order chi connectivity index (χ0) is 14.1. The van der Waals surface area contributed by atoms with Crippen molar-refractivity contribution in [3.8, 4) is 0 Å². The Balaban J connectivity index is 1.85. The second kappa shape index (κ2) is 6.06. The highest BCUT2D eigenvalue weighted by Gasteiger charge is 2.29. The number of fused-ring (bicyclic) bond motifs is 1. The number of aromatic nitrogens is 2. The Bertz CT molecular complexity index is 521. The Kier molecular flexibility index (Phi) is 4.36. The lowest BCUT2D eigenvalue weighted by atomic mass is 10.1. The largest absolute Gasteiger partial charge is 0.294 e. The molecular formula is C15H20N2OS2. The van der Waals surface area contributed by atoms with Crippen LogP contribution in [0.15, 0.2) is 6.20 Å². The third-order valence-corrected chi connectivity index (χ3v) is 7.48. The zero-order valence-electron chi connectivity index (χ0n) is 12.0. The van der Waals surface area contributed by atoms with Crippen molar-refractivity contribution in [1.82, 2.24) is 9.97 Å². The standard InChI is InChI=1S/C15H20N2OS2/c1-9-10(2)20-14(8-19-9)15-16-7-11-12(17-15)5-3-4-6-13(11)18/h7,9-10,14H,3-6,8H2,1-2H3. The van der Waals surface area contributed by atoms with E-state index in [2.05, 4.69) is 18.8 Å². The first kappa shape index (κ1) is 14.4. The van der Waals surface area contributed by atoms with Crippen LogP contribution < -0.4 is 0 Å². The van der Waals surface area contributed by atoms with Crippen LogP contribution >= 0.6 is 23.5 Å². The van der Waals surface area contributed by atoms with Crippen molar-refractivity contribution in [1.29, 1.82) is 0 Å². The topological polar surface area (TPSA) is 42.9 Å². The summed E-state index contributed by atoms with van der Waals surface area (Å²) in [5.41, 5.74) is 1.75. The molecule has 1 fully saturated rings. The molecule has 0 spiro atoms. The van der Waals surface area contributed by atoms with Gasteiger partial charge in [-0.1, -0.05) is 13.8 Å². The average Bonchev–Trinajstić information content (AvgIpc) is 2.63. The Labute approximate surface area is 128 Å². The summed E-state index contributed by atoms with van der Waals surface area (Å²) >= 11 is 3.98. The van der Waals surface area contributed by atoms with Crippen LogP contribution in [-0.4, -0.2) is 32.0 Å². The summed E-state index contributed by atoms with van der Waals surface area (Å²) in [5.74, 6) is 2.22. The van der Waals surface area contributed by atoms with Crippen molar-refractivity contribution >= 4 is 29.3 Å². The van der Waals surface area contributed by atoms with Crippen LogP contribution in [0.2, 0.25) is 0 Å². The molecule has 0 saturated carbocycles. The van der Waals surface area contributed by atoms with E-state index in [0.29, 0.717) is 22.2 Å². The van der Waals surface area contributed by atoms with E-state index in [4.69, 9.17) is 4.98 Å². The van der Waals surface area contributed by atoms with Crippen molar-refractivity contribution in [2.24, 2.45) is 0 Å². The number of Topliss-reactive ketones (excluding diaryl/α,β-unsaturated/α-hetero) is 1. The zero-order valence-corrected chi connectivity index (χ0v) is 13.6. The molecule has 1 aliphatic carbocycles. The van der Waals surface area contributed by atoms with Crippen LogP contribution in [0.5, 0.6) is 0 Å². The van der Waals surface area contributed by atoms with E-state index < -0.39 is 0 Å². The molecule has 0 aromatic carbocycles. The van der Waals surface area contributed by atoms with Crippen LogP contribution in [0, 0.1) is 0 Å². The minimum absolute atomic E-state index is 0.219. The van der Waals surface area contributed by atoms with Crippen LogP contribution in [-0.2, 0) is 6.42 Å². The highest BCUT2D eigenvalue weighted by atomic mass is 32.2. The number of carbonyl (C=O) groups excluding carboxylic acids is 1. The first-order chi connectivity index (χ1) is 9.65. The van der Waals surface area contributed by atoms with E-state index in [1.54, 1.807) is 6.20 Å². The highest BCUT2D eigenvalue weighted by molar-refractivity contribution is 8.07. The molecule has 2 heterocycles. The first-order valence-corrected chi connectivity index (χ1v) is 9.30. The fourth-order valence-corrected chi connectivity index (χ4v) is 5.49. The smallest absolute Gasteiger partial charge is 0.166 e. The number of carbonyl (C=O) groups is 1. The molecule has 108 valence electrons.